The third-order valence-corrected chi connectivity index (χ3v) is 5.91. The van der Waals surface area contributed by atoms with Gasteiger partial charge in [-0.15, -0.1) is 0 Å². The second kappa shape index (κ2) is 6.51. The van der Waals surface area contributed by atoms with Crippen LogP contribution in [-0.2, 0) is 21.8 Å². The molecule has 0 atom stereocenters. The van der Waals surface area contributed by atoms with E-state index in [9.17, 15) is 13.2 Å². The van der Waals surface area contributed by atoms with Gasteiger partial charge in [0.2, 0.25) is 0 Å². The lowest BCUT2D eigenvalue weighted by Crippen LogP contribution is -2.27. The van der Waals surface area contributed by atoms with Gasteiger partial charge in [-0.3, -0.25) is 9.36 Å². The zero-order chi connectivity index (χ0) is 18.1. The monoisotopic (exact) mass is 348 g/mol. The molecule has 0 amide bonds. The minimum absolute atomic E-state index is 0.0271. The van der Waals surface area contributed by atoms with Crippen LogP contribution >= 0.6 is 0 Å². The Bertz CT molecular complexity index is 889. The summed E-state index contributed by atoms with van der Waals surface area (Å²) in [6.07, 6.45) is 1.41. The van der Waals surface area contributed by atoms with Gasteiger partial charge in [-0.25, -0.2) is 13.4 Å². The summed E-state index contributed by atoms with van der Waals surface area (Å²) in [5.74, 6) is -0.133. The Kier molecular flexibility index (Phi) is 4.99. The highest BCUT2D eigenvalue weighted by Crippen LogP contribution is 2.23. The molecule has 5 nitrogen and oxygen atoms in total. The molecule has 0 aliphatic carbocycles. The Balaban J connectivity index is 2.20. The minimum atomic E-state index is -3.45. The first-order valence-electron chi connectivity index (χ1n) is 7.88. The van der Waals surface area contributed by atoms with Crippen LogP contribution in [0.3, 0.4) is 0 Å². The minimum Gasteiger partial charge on any atom is -0.298 e. The smallest absolute Gasteiger partial charge is 0.256 e. The predicted octanol–water partition coefficient (Wildman–Crippen LogP) is 2.63. The number of hydrogen-bond acceptors (Lipinski definition) is 4. The van der Waals surface area contributed by atoms with Gasteiger partial charge in [-0.1, -0.05) is 32.9 Å². The maximum Gasteiger partial charge on any atom is 0.256 e. The van der Waals surface area contributed by atoms with Crippen LogP contribution < -0.4 is 5.56 Å². The average Bonchev–Trinajstić information content (AvgIpc) is 2.51. The van der Waals surface area contributed by atoms with Gasteiger partial charge in [0.15, 0.2) is 9.84 Å². The largest absolute Gasteiger partial charge is 0.298 e. The van der Waals surface area contributed by atoms with Crippen LogP contribution in [0.4, 0.5) is 0 Å². The zero-order valence-corrected chi connectivity index (χ0v) is 15.6. The standard InChI is InChI=1S/C18H24N2O3S/c1-13-14(2)19-12-20(17(13)21)10-11-24(22,23)16-8-6-15(7-9-16)18(3,4)5/h6-9,12H,10-11H2,1-5H3. The van der Waals surface area contributed by atoms with Crippen LogP contribution in [0.2, 0.25) is 0 Å². The van der Waals surface area contributed by atoms with Crippen LogP contribution in [-0.4, -0.2) is 23.7 Å². The van der Waals surface area contributed by atoms with Gasteiger partial charge in [0, 0.05) is 17.8 Å². The van der Waals surface area contributed by atoms with Crippen LogP contribution in [0.15, 0.2) is 40.3 Å². The van der Waals surface area contributed by atoms with E-state index >= 15 is 0 Å². The second-order valence-electron chi connectivity index (χ2n) is 7.05. The summed E-state index contributed by atoms with van der Waals surface area (Å²) in [6, 6.07) is 6.96. The summed E-state index contributed by atoms with van der Waals surface area (Å²) >= 11 is 0. The summed E-state index contributed by atoms with van der Waals surface area (Å²) in [4.78, 5) is 16.5. The summed E-state index contributed by atoms with van der Waals surface area (Å²) < 4.78 is 26.3. The van der Waals surface area contributed by atoms with Crippen LogP contribution in [0.25, 0.3) is 0 Å². The maximum absolute atomic E-state index is 12.5. The van der Waals surface area contributed by atoms with Crippen molar-refractivity contribution in [1.29, 1.82) is 0 Å². The summed E-state index contributed by atoms with van der Waals surface area (Å²) in [5, 5.41) is 0. The molecule has 0 saturated carbocycles. The SMILES string of the molecule is Cc1ncn(CCS(=O)(=O)c2ccc(C(C)(C)C)cc2)c(=O)c1C. The van der Waals surface area contributed by atoms with Crippen molar-refractivity contribution in [2.75, 3.05) is 5.75 Å². The van der Waals surface area contributed by atoms with Gasteiger partial charge in [-0.05, 0) is 37.0 Å². The fourth-order valence-corrected chi connectivity index (χ4v) is 3.56. The van der Waals surface area contributed by atoms with Gasteiger partial charge in [0.05, 0.1) is 17.0 Å². The predicted molar refractivity (Wildman–Crippen MR) is 95.2 cm³/mol. The van der Waals surface area contributed by atoms with Gasteiger partial charge in [-0.2, -0.15) is 0 Å². The second-order valence-corrected chi connectivity index (χ2v) is 9.16. The summed E-state index contributed by atoms with van der Waals surface area (Å²) in [6.45, 7) is 9.78. The molecule has 0 saturated heterocycles. The Labute approximate surface area is 143 Å². The fourth-order valence-electron chi connectivity index (χ4n) is 2.33. The molecule has 0 fully saturated rings. The van der Waals surface area contributed by atoms with E-state index in [1.54, 1.807) is 26.0 Å². The van der Waals surface area contributed by atoms with E-state index in [1.807, 2.05) is 12.1 Å². The fraction of sp³-hybridized carbons (Fsp3) is 0.444. The van der Waals surface area contributed by atoms with Crippen molar-refractivity contribution >= 4 is 9.84 Å². The lowest BCUT2D eigenvalue weighted by atomic mass is 9.87. The topological polar surface area (TPSA) is 69.0 Å². The van der Waals surface area contributed by atoms with Crippen molar-refractivity contribution in [3.05, 3.63) is 57.8 Å². The Hall–Kier alpha value is -1.95. The van der Waals surface area contributed by atoms with E-state index in [2.05, 4.69) is 25.8 Å². The number of hydrogen-bond donors (Lipinski definition) is 0. The third kappa shape index (κ3) is 3.93. The van der Waals surface area contributed by atoms with E-state index < -0.39 is 9.84 Å². The van der Waals surface area contributed by atoms with Crippen LogP contribution in [0.5, 0.6) is 0 Å². The van der Waals surface area contributed by atoms with Crippen LogP contribution in [0.1, 0.15) is 37.6 Å². The number of nitrogens with zero attached hydrogens (tertiary/aromatic N) is 2. The maximum atomic E-state index is 12.5. The molecule has 1 aromatic carbocycles. The lowest BCUT2D eigenvalue weighted by molar-refractivity contribution is 0.581. The van der Waals surface area contributed by atoms with Crippen molar-refractivity contribution in [2.24, 2.45) is 0 Å². The first kappa shape index (κ1) is 18.4. The molecule has 0 bridgehead atoms. The molecule has 2 aromatic rings. The lowest BCUT2D eigenvalue weighted by Gasteiger charge is -2.19. The molecule has 2 rings (SSSR count). The molecule has 24 heavy (non-hydrogen) atoms. The Morgan fingerprint density at radius 2 is 1.67 bits per heavy atom. The quantitative estimate of drug-likeness (QED) is 0.852. The molecule has 0 radical (unpaired) electrons. The molecule has 0 aliphatic heterocycles. The van der Waals surface area contributed by atoms with Crippen molar-refractivity contribution in [3.8, 4) is 0 Å². The van der Waals surface area contributed by atoms with Crippen LogP contribution in [0, 0.1) is 13.8 Å². The number of sulfone groups is 1. The molecule has 6 heteroatoms. The zero-order valence-electron chi connectivity index (χ0n) is 14.8. The molecular weight excluding hydrogens is 324 g/mol. The van der Waals surface area contributed by atoms with Crippen molar-refractivity contribution in [2.45, 2.75) is 51.5 Å². The molecule has 1 heterocycles. The third-order valence-electron chi connectivity index (χ3n) is 4.20. The average molecular weight is 348 g/mol. The molecule has 130 valence electrons. The molecule has 0 unspecified atom stereocenters. The first-order chi connectivity index (χ1) is 11.0. The molecule has 0 spiro atoms. The summed E-state index contributed by atoms with van der Waals surface area (Å²) in [5.41, 5.74) is 2.07. The highest BCUT2D eigenvalue weighted by molar-refractivity contribution is 7.91. The normalized spacial score (nSPS) is 12.4. The highest BCUT2D eigenvalue weighted by atomic mass is 32.2. The summed E-state index contributed by atoms with van der Waals surface area (Å²) in [7, 11) is -3.45. The van der Waals surface area contributed by atoms with E-state index in [4.69, 9.17) is 0 Å². The van der Waals surface area contributed by atoms with Crippen molar-refractivity contribution < 1.29 is 8.42 Å². The van der Waals surface area contributed by atoms with E-state index in [-0.39, 0.29) is 28.2 Å². The van der Waals surface area contributed by atoms with Crippen molar-refractivity contribution in [1.82, 2.24) is 9.55 Å². The first-order valence-corrected chi connectivity index (χ1v) is 9.53. The Morgan fingerprint density at radius 1 is 1.08 bits per heavy atom. The van der Waals surface area contributed by atoms with Gasteiger partial charge < -0.3 is 0 Å². The Morgan fingerprint density at radius 3 is 2.21 bits per heavy atom. The molecule has 1 aromatic heterocycles. The highest BCUT2D eigenvalue weighted by Gasteiger charge is 2.18. The number of benzene rings is 1. The molecule has 0 N–H and O–H groups in total. The van der Waals surface area contributed by atoms with E-state index in [0.29, 0.717) is 11.3 Å². The number of aryl methyl sites for hydroxylation is 2. The van der Waals surface area contributed by atoms with Gasteiger partial charge in [0.25, 0.3) is 5.56 Å². The van der Waals surface area contributed by atoms with E-state index in [0.717, 1.165) is 5.56 Å². The molecular formula is C18H24N2O3S. The van der Waals surface area contributed by atoms with Gasteiger partial charge >= 0.3 is 0 Å². The molecule has 0 aliphatic rings. The number of aromatic nitrogens is 2. The number of rotatable bonds is 4. The van der Waals surface area contributed by atoms with E-state index in [1.165, 1.54) is 10.9 Å². The van der Waals surface area contributed by atoms with Crippen molar-refractivity contribution in [3.63, 3.8) is 0 Å². The van der Waals surface area contributed by atoms with Gasteiger partial charge in [0.1, 0.15) is 0 Å².